The predicted molar refractivity (Wildman–Crippen MR) is 128 cm³/mol. The van der Waals surface area contributed by atoms with E-state index in [9.17, 15) is 19.5 Å². The van der Waals surface area contributed by atoms with Crippen molar-refractivity contribution in [1.29, 1.82) is 0 Å². The molecule has 0 saturated heterocycles. The number of fused-ring (bicyclic) bond motifs is 3. The monoisotopic (exact) mass is 464 g/mol. The first-order valence-corrected chi connectivity index (χ1v) is 11.9. The van der Waals surface area contributed by atoms with Crippen molar-refractivity contribution in [3.63, 3.8) is 0 Å². The van der Waals surface area contributed by atoms with Crippen LogP contribution in [-0.4, -0.2) is 53.7 Å². The molecule has 1 atom stereocenters. The van der Waals surface area contributed by atoms with Gasteiger partial charge >= 0.3 is 12.1 Å². The lowest BCUT2D eigenvalue weighted by atomic mass is 9.86. The lowest BCUT2D eigenvalue weighted by Crippen LogP contribution is -2.51. The Kier molecular flexibility index (Phi) is 7.20. The molecule has 1 unspecified atom stereocenters. The zero-order valence-electron chi connectivity index (χ0n) is 19.7. The molecule has 0 aliphatic heterocycles. The summed E-state index contributed by atoms with van der Waals surface area (Å²) in [5.41, 5.74) is 4.41. The van der Waals surface area contributed by atoms with Gasteiger partial charge in [0.2, 0.25) is 5.91 Å². The van der Waals surface area contributed by atoms with Crippen molar-refractivity contribution in [1.82, 2.24) is 10.2 Å². The molecule has 180 valence electrons. The van der Waals surface area contributed by atoms with Gasteiger partial charge in [-0.25, -0.2) is 4.79 Å². The molecule has 2 aliphatic rings. The number of carbonyl (C=O) groups excluding carboxylic acids is 2. The summed E-state index contributed by atoms with van der Waals surface area (Å²) in [6, 6.07) is 14.9. The summed E-state index contributed by atoms with van der Waals surface area (Å²) in [7, 11) is 1.69. The number of alkyl carbamates (subject to hydrolysis) is 1. The molecular formula is C27H32N2O5. The number of aliphatic carboxylic acids is 1. The number of carbonyl (C=O) groups is 3. The van der Waals surface area contributed by atoms with Crippen molar-refractivity contribution >= 4 is 18.0 Å². The molecule has 7 nitrogen and oxygen atoms in total. The van der Waals surface area contributed by atoms with Crippen LogP contribution in [0.5, 0.6) is 0 Å². The third-order valence-electron chi connectivity index (χ3n) is 7.19. The Labute approximate surface area is 200 Å². The number of ether oxygens (including phenoxy) is 1. The zero-order chi connectivity index (χ0) is 24.2. The maximum Gasteiger partial charge on any atom is 0.407 e. The van der Waals surface area contributed by atoms with Gasteiger partial charge in [0.05, 0.1) is 6.42 Å². The number of carboxylic acids is 1. The highest BCUT2D eigenvalue weighted by Crippen LogP contribution is 2.44. The van der Waals surface area contributed by atoms with Crippen LogP contribution in [0.2, 0.25) is 0 Å². The number of amides is 2. The van der Waals surface area contributed by atoms with Crippen LogP contribution in [0.4, 0.5) is 4.79 Å². The summed E-state index contributed by atoms with van der Waals surface area (Å²) in [5, 5.41) is 11.8. The normalized spacial score (nSPS) is 20.1. The van der Waals surface area contributed by atoms with Gasteiger partial charge in [-0.05, 0) is 53.9 Å². The highest BCUT2D eigenvalue weighted by molar-refractivity contribution is 5.89. The quantitative estimate of drug-likeness (QED) is 0.633. The summed E-state index contributed by atoms with van der Waals surface area (Å²) in [4.78, 5) is 38.8. The highest BCUT2D eigenvalue weighted by Gasteiger charge is 2.33. The van der Waals surface area contributed by atoms with Crippen molar-refractivity contribution in [3.8, 4) is 11.1 Å². The lowest BCUT2D eigenvalue weighted by Gasteiger charge is -2.35. The Morgan fingerprint density at radius 3 is 2.12 bits per heavy atom. The van der Waals surface area contributed by atoms with Gasteiger partial charge in [0, 0.05) is 19.0 Å². The van der Waals surface area contributed by atoms with Crippen LogP contribution < -0.4 is 5.32 Å². The van der Waals surface area contributed by atoms with Gasteiger partial charge in [0.25, 0.3) is 0 Å². The second-order valence-corrected chi connectivity index (χ2v) is 9.48. The van der Waals surface area contributed by atoms with Crippen LogP contribution in [0.15, 0.2) is 48.5 Å². The van der Waals surface area contributed by atoms with Crippen molar-refractivity contribution < 1.29 is 24.2 Å². The van der Waals surface area contributed by atoms with E-state index in [1.54, 1.807) is 11.9 Å². The van der Waals surface area contributed by atoms with Gasteiger partial charge in [-0.1, -0.05) is 55.5 Å². The maximum absolute atomic E-state index is 13.1. The number of nitrogens with one attached hydrogen (secondary N) is 1. The van der Waals surface area contributed by atoms with Crippen molar-refractivity contribution in [3.05, 3.63) is 59.7 Å². The molecular weight excluding hydrogens is 432 g/mol. The Bertz CT molecular complexity index is 1010. The Morgan fingerprint density at radius 2 is 1.56 bits per heavy atom. The van der Waals surface area contributed by atoms with Gasteiger partial charge in [-0.15, -0.1) is 0 Å². The largest absolute Gasteiger partial charge is 0.481 e. The minimum Gasteiger partial charge on any atom is -0.481 e. The highest BCUT2D eigenvalue weighted by atomic mass is 16.5. The van der Waals surface area contributed by atoms with Crippen molar-refractivity contribution in [2.24, 2.45) is 5.92 Å². The zero-order valence-corrected chi connectivity index (χ0v) is 19.7. The average molecular weight is 465 g/mol. The van der Waals surface area contributed by atoms with E-state index < -0.39 is 30.4 Å². The van der Waals surface area contributed by atoms with Crippen molar-refractivity contribution in [2.45, 2.75) is 57.0 Å². The average Bonchev–Trinajstić information content (AvgIpc) is 3.15. The van der Waals surface area contributed by atoms with Crippen LogP contribution in [0.25, 0.3) is 11.1 Å². The first-order valence-electron chi connectivity index (χ1n) is 11.9. The first kappa shape index (κ1) is 23.8. The van der Waals surface area contributed by atoms with E-state index in [-0.39, 0.29) is 18.6 Å². The SMILES string of the molecule is CC1CCC(N(C)C(=O)C(CC(=O)O)NC(=O)OCC2c3ccccc3-c3ccccc32)CC1. The predicted octanol–water partition coefficient (Wildman–Crippen LogP) is 4.41. The Morgan fingerprint density at radius 1 is 1.00 bits per heavy atom. The van der Waals surface area contributed by atoms with E-state index >= 15 is 0 Å². The van der Waals surface area contributed by atoms with Crippen LogP contribution in [0, 0.1) is 5.92 Å². The van der Waals surface area contributed by atoms with Crippen LogP contribution in [0.3, 0.4) is 0 Å². The van der Waals surface area contributed by atoms with Gasteiger partial charge in [-0.3, -0.25) is 9.59 Å². The molecule has 2 amide bonds. The number of rotatable bonds is 7. The molecule has 7 heteroatoms. The third kappa shape index (κ3) is 5.08. The number of nitrogens with zero attached hydrogens (tertiary/aromatic N) is 1. The standard InChI is InChI=1S/C27H32N2O5/c1-17-11-13-18(14-12-17)29(2)26(32)24(15-25(30)31)28-27(33)34-16-23-21-9-5-3-7-19(21)20-8-4-6-10-22(20)23/h3-10,17-18,23-24H,11-16H2,1-2H3,(H,28,33)(H,30,31). The first-order chi connectivity index (χ1) is 16.3. The summed E-state index contributed by atoms with van der Waals surface area (Å²) < 4.78 is 5.53. The molecule has 4 rings (SSSR count). The summed E-state index contributed by atoms with van der Waals surface area (Å²) in [6.07, 6.45) is 2.56. The van der Waals surface area contributed by atoms with E-state index in [2.05, 4.69) is 24.4 Å². The molecule has 0 spiro atoms. The molecule has 2 N–H and O–H groups in total. The molecule has 2 aromatic rings. The molecule has 1 saturated carbocycles. The van der Waals surface area contributed by atoms with Crippen LogP contribution in [0.1, 0.15) is 56.1 Å². The fourth-order valence-electron chi connectivity index (χ4n) is 5.21. The van der Waals surface area contributed by atoms with Gasteiger partial charge in [0.15, 0.2) is 0 Å². The Hall–Kier alpha value is -3.35. The van der Waals surface area contributed by atoms with Gasteiger partial charge in [-0.2, -0.15) is 0 Å². The molecule has 0 heterocycles. The summed E-state index contributed by atoms with van der Waals surface area (Å²) in [6.45, 7) is 2.30. The third-order valence-corrected chi connectivity index (χ3v) is 7.19. The molecule has 2 aliphatic carbocycles. The molecule has 0 aromatic heterocycles. The Balaban J connectivity index is 1.41. The van der Waals surface area contributed by atoms with Crippen LogP contribution >= 0.6 is 0 Å². The number of likely N-dealkylation sites (N-methyl/N-ethyl adjacent to an activating group) is 1. The number of benzene rings is 2. The van der Waals surface area contributed by atoms with Gasteiger partial charge < -0.3 is 20.1 Å². The van der Waals surface area contributed by atoms with E-state index in [1.807, 2.05) is 36.4 Å². The number of hydrogen-bond acceptors (Lipinski definition) is 4. The fraction of sp³-hybridized carbons (Fsp3) is 0.444. The minimum atomic E-state index is -1.17. The van der Waals surface area contributed by atoms with E-state index in [0.29, 0.717) is 5.92 Å². The number of hydrogen-bond donors (Lipinski definition) is 2. The topological polar surface area (TPSA) is 95.9 Å². The summed E-state index contributed by atoms with van der Waals surface area (Å²) in [5.74, 6) is -1.02. The summed E-state index contributed by atoms with van der Waals surface area (Å²) >= 11 is 0. The fourth-order valence-corrected chi connectivity index (χ4v) is 5.21. The molecule has 1 fully saturated rings. The van der Waals surface area contributed by atoms with Gasteiger partial charge in [0.1, 0.15) is 12.6 Å². The molecule has 0 radical (unpaired) electrons. The van der Waals surface area contributed by atoms with E-state index in [0.717, 1.165) is 47.9 Å². The molecule has 34 heavy (non-hydrogen) atoms. The minimum absolute atomic E-state index is 0.0595. The second kappa shape index (κ2) is 10.3. The van der Waals surface area contributed by atoms with Crippen LogP contribution in [-0.2, 0) is 14.3 Å². The maximum atomic E-state index is 13.1. The lowest BCUT2D eigenvalue weighted by molar-refractivity contribution is -0.143. The van der Waals surface area contributed by atoms with E-state index in [4.69, 9.17) is 4.74 Å². The second-order valence-electron chi connectivity index (χ2n) is 9.48. The smallest absolute Gasteiger partial charge is 0.407 e. The number of carboxylic acid groups (broad SMARTS) is 1. The molecule has 2 aromatic carbocycles. The molecule has 0 bridgehead atoms. The van der Waals surface area contributed by atoms with Crippen molar-refractivity contribution in [2.75, 3.05) is 13.7 Å². The van der Waals surface area contributed by atoms with E-state index in [1.165, 1.54) is 0 Å².